The minimum atomic E-state index is -3.76. The smallest absolute Gasteiger partial charge is 0.243 e. The standard InChI is InChI=1S/C24H28F2N4O3S2/c1-28(2)13-4-14-30(24-27-22-20(26)5-3-6-21(22)34-24)23(31)17-11-15-29(16-12-17)35(32,33)19-9-7-18(25)8-10-19/h3,5-10,17H,4,11-16H2,1-2H3. The Labute approximate surface area is 208 Å². The van der Waals surface area contributed by atoms with Crippen LogP contribution >= 0.6 is 11.3 Å². The van der Waals surface area contributed by atoms with E-state index in [0.717, 1.165) is 25.1 Å². The van der Waals surface area contributed by atoms with Crippen LogP contribution in [0.4, 0.5) is 13.9 Å². The lowest BCUT2D eigenvalue weighted by Gasteiger charge is -2.33. The number of nitrogens with zero attached hydrogens (tertiary/aromatic N) is 4. The van der Waals surface area contributed by atoms with Crippen LogP contribution in [0.2, 0.25) is 0 Å². The highest BCUT2D eigenvalue weighted by Crippen LogP contribution is 2.33. The van der Waals surface area contributed by atoms with Crippen LogP contribution in [0.25, 0.3) is 10.2 Å². The van der Waals surface area contributed by atoms with Crippen molar-refractivity contribution < 1.29 is 22.0 Å². The van der Waals surface area contributed by atoms with Crippen LogP contribution in [0.5, 0.6) is 0 Å². The molecule has 11 heteroatoms. The molecule has 1 aliphatic rings. The number of rotatable bonds is 8. The number of thiazole rings is 1. The molecule has 0 spiro atoms. The van der Waals surface area contributed by atoms with Crippen LogP contribution in [-0.2, 0) is 14.8 Å². The second kappa shape index (κ2) is 10.7. The highest BCUT2D eigenvalue weighted by Gasteiger charge is 2.35. The normalized spacial score (nSPS) is 15.7. The number of aromatic nitrogens is 1. The Hall–Kier alpha value is -2.47. The Morgan fingerprint density at radius 2 is 1.77 bits per heavy atom. The maximum Gasteiger partial charge on any atom is 0.243 e. The fourth-order valence-electron chi connectivity index (χ4n) is 4.18. The average molecular weight is 523 g/mol. The monoisotopic (exact) mass is 522 g/mol. The molecule has 2 aromatic carbocycles. The molecule has 1 aromatic heterocycles. The molecule has 188 valence electrons. The average Bonchev–Trinajstić information content (AvgIpc) is 3.27. The van der Waals surface area contributed by atoms with E-state index in [-0.39, 0.29) is 35.3 Å². The van der Waals surface area contributed by atoms with E-state index in [2.05, 4.69) is 4.98 Å². The summed E-state index contributed by atoms with van der Waals surface area (Å²) in [7, 11) is 0.148. The van der Waals surface area contributed by atoms with Crippen LogP contribution in [0.15, 0.2) is 47.4 Å². The first-order valence-electron chi connectivity index (χ1n) is 11.4. The summed E-state index contributed by atoms with van der Waals surface area (Å²) in [4.78, 5) is 21.7. The van der Waals surface area contributed by atoms with Gasteiger partial charge >= 0.3 is 0 Å². The number of carbonyl (C=O) groups is 1. The molecule has 7 nitrogen and oxygen atoms in total. The van der Waals surface area contributed by atoms with E-state index in [1.807, 2.05) is 19.0 Å². The third-order valence-electron chi connectivity index (χ3n) is 6.10. The van der Waals surface area contributed by atoms with Gasteiger partial charge in [-0.1, -0.05) is 17.4 Å². The van der Waals surface area contributed by atoms with Gasteiger partial charge in [0.1, 0.15) is 17.2 Å². The second-order valence-corrected chi connectivity index (χ2v) is 11.8. The molecule has 2 heterocycles. The van der Waals surface area contributed by atoms with E-state index >= 15 is 0 Å². The van der Waals surface area contributed by atoms with Gasteiger partial charge in [0.05, 0.1) is 9.60 Å². The minimum Gasteiger partial charge on any atom is -0.309 e. The molecule has 0 N–H and O–H groups in total. The maximum atomic E-state index is 14.2. The van der Waals surface area contributed by atoms with E-state index in [9.17, 15) is 22.0 Å². The first-order valence-corrected chi connectivity index (χ1v) is 13.7. The number of fused-ring (bicyclic) bond motifs is 1. The maximum absolute atomic E-state index is 14.2. The number of sulfonamides is 1. The van der Waals surface area contributed by atoms with Gasteiger partial charge in [0.2, 0.25) is 15.9 Å². The van der Waals surface area contributed by atoms with Crippen molar-refractivity contribution in [2.45, 2.75) is 24.2 Å². The number of benzene rings is 2. The zero-order valence-electron chi connectivity index (χ0n) is 19.7. The molecule has 1 aliphatic heterocycles. The first-order chi connectivity index (χ1) is 16.7. The lowest BCUT2D eigenvalue weighted by atomic mass is 9.96. The van der Waals surface area contributed by atoms with Gasteiger partial charge in [0.15, 0.2) is 5.13 Å². The molecule has 0 atom stereocenters. The number of piperidine rings is 1. The van der Waals surface area contributed by atoms with Gasteiger partial charge in [0, 0.05) is 25.6 Å². The molecule has 35 heavy (non-hydrogen) atoms. The zero-order chi connectivity index (χ0) is 25.2. The first kappa shape index (κ1) is 25.6. The van der Waals surface area contributed by atoms with Crippen LogP contribution < -0.4 is 4.90 Å². The molecule has 0 saturated carbocycles. The van der Waals surface area contributed by atoms with Gasteiger partial charge < -0.3 is 4.90 Å². The third kappa shape index (κ3) is 5.69. The van der Waals surface area contributed by atoms with Crippen molar-refractivity contribution in [3.05, 3.63) is 54.1 Å². The Morgan fingerprint density at radius 3 is 2.40 bits per heavy atom. The summed E-state index contributed by atoms with van der Waals surface area (Å²) in [6.07, 6.45) is 1.44. The number of para-hydroxylation sites is 1. The number of anilines is 1. The molecule has 4 rings (SSSR count). The topological polar surface area (TPSA) is 73.8 Å². The molecular formula is C24H28F2N4O3S2. The van der Waals surface area contributed by atoms with Crippen molar-refractivity contribution in [2.24, 2.45) is 5.92 Å². The zero-order valence-corrected chi connectivity index (χ0v) is 21.3. The third-order valence-corrected chi connectivity index (χ3v) is 9.05. The predicted octanol–water partition coefficient (Wildman–Crippen LogP) is 3.96. The summed E-state index contributed by atoms with van der Waals surface area (Å²) in [5, 5.41) is 0.454. The molecule has 0 unspecified atom stereocenters. The molecule has 1 saturated heterocycles. The van der Waals surface area contributed by atoms with E-state index in [0.29, 0.717) is 29.2 Å². The Bertz CT molecular complexity index is 1290. The van der Waals surface area contributed by atoms with Crippen molar-refractivity contribution in [3.63, 3.8) is 0 Å². The van der Waals surface area contributed by atoms with Crippen molar-refractivity contribution in [1.82, 2.24) is 14.2 Å². The van der Waals surface area contributed by atoms with E-state index < -0.39 is 21.7 Å². The number of halogens is 2. The number of carbonyl (C=O) groups excluding carboxylic acids is 1. The van der Waals surface area contributed by atoms with Crippen molar-refractivity contribution in [1.29, 1.82) is 0 Å². The second-order valence-electron chi connectivity index (χ2n) is 8.86. The summed E-state index contributed by atoms with van der Waals surface area (Å²) in [6, 6.07) is 9.49. The summed E-state index contributed by atoms with van der Waals surface area (Å²) < 4.78 is 55.3. The number of amides is 1. The van der Waals surface area contributed by atoms with Gasteiger partial charge in [-0.25, -0.2) is 22.2 Å². The molecule has 3 aromatic rings. The lowest BCUT2D eigenvalue weighted by molar-refractivity contribution is -0.123. The van der Waals surface area contributed by atoms with Crippen molar-refractivity contribution >= 4 is 42.6 Å². The highest BCUT2D eigenvalue weighted by molar-refractivity contribution is 7.89. The van der Waals surface area contributed by atoms with Gasteiger partial charge in [-0.3, -0.25) is 9.69 Å². The molecule has 0 aliphatic carbocycles. The van der Waals surface area contributed by atoms with Gasteiger partial charge in [-0.05, 0) is 76.3 Å². The summed E-state index contributed by atoms with van der Waals surface area (Å²) in [6.45, 7) is 1.59. The van der Waals surface area contributed by atoms with Crippen LogP contribution in [0.3, 0.4) is 0 Å². The lowest BCUT2D eigenvalue weighted by Crippen LogP contribution is -2.45. The predicted molar refractivity (Wildman–Crippen MR) is 133 cm³/mol. The molecular weight excluding hydrogens is 494 g/mol. The SMILES string of the molecule is CN(C)CCCN(C(=O)C1CCN(S(=O)(=O)c2ccc(F)cc2)CC1)c1nc2c(F)cccc2s1. The van der Waals surface area contributed by atoms with Crippen LogP contribution in [0.1, 0.15) is 19.3 Å². The fourth-order valence-corrected chi connectivity index (χ4v) is 6.66. The summed E-state index contributed by atoms with van der Waals surface area (Å²) in [5.41, 5.74) is 0.248. The van der Waals surface area contributed by atoms with Gasteiger partial charge in [0.25, 0.3) is 0 Å². The minimum absolute atomic E-state index is 0.0329. The summed E-state index contributed by atoms with van der Waals surface area (Å²) in [5.74, 6) is -1.42. The number of hydrogen-bond donors (Lipinski definition) is 0. The Balaban J connectivity index is 1.50. The van der Waals surface area contributed by atoms with E-state index in [4.69, 9.17) is 0 Å². The number of hydrogen-bond acceptors (Lipinski definition) is 6. The quantitative estimate of drug-likeness (QED) is 0.448. The molecule has 0 radical (unpaired) electrons. The Kier molecular flexibility index (Phi) is 7.80. The highest BCUT2D eigenvalue weighted by atomic mass is 32.2. The molecule has 1 amide bonds. The summed E-state index contributed by atoms with van der Waals surface area (Å²) >= 11 is 1.28. The largest absolute Gasteiger partial charge is 0.309 e. The van der Waals surface area contributed by atoms with Crippen molar-refractivity contribution in [3.8, 4) is 0 Å². The van der Waals surface area contributed by atoms with Gasteiger partial charge in [-0.15, -0.1) is 0 Å². The van der Waals surface area contributed by atoms with Crippen LogP contribution in [0, 0.1) is 17.6 Å². The fraction of sp³-hybridized carbons (Fsp3) is 0.417. The van der Waals surface area contributed by atoms with Crippen molar-refractivity contribution in [2.75, 3.05) is 45.2 Å². The molecule has 1 fully saturated rings. The van der Waals surface area contributed by atoms with Crippen LogP contribution in [-0.4, -0.2) is 68.8 Å². The Morgan fingerprint density at radius 1 is 1.09 bits per heavy atom. The van der Waals surface area contributed by atoms with E-state index in [1.54, 1.807) is 17.0 Å². The van der Waals surface area contributed by atoms with Gasteiger partial charge in [-0.2, -0.15) is 4.31 Å². The van der Waals surface area contributed by atoms with E-state index in [1.165, 1.54) is 33.8 Å². The molecule has 0 bridgehead atoms.